The number of para-hydroxylation sites is 1. The highest BCUT2D eigenvalue weighted by molar-refractivity contribution is 7.91. The van der Waals surface area contributed by atoms with Crippen molar-refractivity contribution in [3.63, 3.8) is 0 Å². The van der Waals surface area contributed by atoms with Crippen LogP contribution in [0.25, 0.3) is 10.9 Å². The summed E-state index contributed by atoms with van der Waals surface area (Å²) in [7, 11) is -7.77. The molecule has 0 fully saturated rings. The van der Waals surface area contributed by atoms with Gasteiger partial charge in [0.15, 0.2) is 30.7 Å². The number of nitrogens with zero attached hydrogens (tertiary/aromatic N) is 1. The zero-order valence-corrected chi connectivity index (χ0v) is 21.6. The number of hydrogen-bond acceptors (Lipinski definition) is 6. The smallest absolute Gasteiger partial charge is 0.379 e. The molecule has 0 spiro atoms. The normalized spacial score (nSPS) is 15.1. The Morgan fingerprint density at radius 1 is 0.917 bits per heavy atom. The van der Waals surface area contributed by atoms with E-state index in [0.717, 1.165) is 47.5 Å². The molecule has 0 bridgehead atoms. The number of aliphatic hydroxyl groups is 1. The fraction of sp³-hybridized carbons (Fsp3) is 0.375. The molecule has 1 unspecified atom stereocenters. The summed E-state index contributed by atoms with van der Waals surface area (Å²) < 4.78 is 93.3. The number of fused-ring (bicyclic) bond motifs is 1. The van der Waals surface area contributed by atoms with Crippen molar-refractivity contribution >= 4 is 30.6 Å². The van der Waals surface area contributed by atoms with Crippen LogP contribution < -0.4 is 5.43 Å². The highest BCUT2D eigenvalue weighted by Gasteiger charge is 2.56. The predicted octanol–water partition coefficient (Wildman–Crippen LogP) is 3.47. The van der Waals surface area contributed by atoms with Crippen LogP contribution in [-0.4, -0.2) is 50.8 Å². The first-order valence-corrected chi connectivity index (χ1v) is 14.5. The maximum absolute atomic E-state index is 14.4. The minimum Gasteiger partial charge on any atom is -0.379 e. The van der Waals surface area contributed by atoms with E-state index in [4.69, 9.17) is 0 Å². The second-order valence-corrected chi connectivity index (χ2v) is 13.6. The molecule has 3 rings (SSSR count). The molecule has 36 heavy (non-hydrogen) atoms. The molecule has 7 nitrogen and oxygen atoms in total. The van der Waals surface area contributed by atoms with Crippen LogP contribution in [0.3, 0.4) is 0 Å². The Morgan fingerprint density at radius 2 is 1.53 bits per heavy atom. The summed E-state index contributed by atoms with van der Waals surface area (Å²) >= 11 is 0. The van der Waals surface area contributed by atoms with Gasteiger partial charge in [-0.05, 0) is 47.7 Å². The maximum Gasteiger partial charge on any atom is 0.418 e. The highest BCUT2D eigenvalue weighted by atomic mass is 32.2. The van der Waals surface area contributed by atoms with E-state index in [1.54, 1.807) is 12.1 Å². The van der Waals surface area contributed by atoms with Crippen LogP contribution in [0.2, 0.25) is 0 Å². The molecular formula is C24H26F3NO6S2. The summed E-state index contributed by atoms with van der Waals surface area (Å²) in [4.78, 5) is 11.5. The number of hydrogen-bond donors (Lipinski definition) is 1. The zero-order chi connectivity index (χ0) is 27.3. The number of sulfone groups is 2. The van der Waals surface area contributed by atoms with Gasteiger partial charge in [0.2, 0.25) is 0 Å². The van der Waals surface area contributed by atoms with Gasteiger partial charge in [0.1, 0.15) is 0 Å². The molecule has 0 aliphatic rings. The molecule has 0 saturated heterocycles. The van der Waals surface area contributed by atoms with E-state index in [0.29, 0.717) is 0 Å². The average molecular weight is 546 g/mol. The van der Waals surface area contributed by atoms with E-state index in [1.807, 2.05) is 0 Å². The van der Waals surface area contributed by atoms with Crippen LogP contribution in [0.1, 0.15) is 25.8 Å². The maximum atomic E-state index is 14.4. The topological polar surface area (TPSA) is 111 Å². The summed E-state index contributed by atoms with van der Waals surface area (Å²) in [5.41, 5.74) is -5.41. The fourth-order valence-corrected chi connectivity index (χ4v) is 6.04. The first-order chi connectivity index (χ1) is 16.3. The molecule has 0 saturated carbocycles. The number of alkyl halides is 3. The van der Waals surface area contributed by atoms with Crippen molar-refractivity contribution in [2.75, 3.05) is 12.5 Å². The first-order valence-electron chi connectivity index (χ1n) is 10.7. The molecule has 0 aliphatic heterocycles. The average Bonchev–Trinajstić information content (AvgIpc) is 2.73. The number of rotatable bonds is 7. The number of pyridine rings is 1. The molecule has 1 heterocycles. The van der Waals surface area contributed by atoms with Gasteiger partial charge in [-0.15, -0.1) is 0 Å². The van der Waals surface area contributed by atoms with Crippen molar-refractivity contribution in [2.45, 2.75) is 53.8 Å². The Kier molecular flexibility index (Phi) is 6.97. The molecule has 1 atom stereocenters. The number of halogens is 3. The second-order valence-electron chi connectivity index (χ2n) is 9.62. The van der Waals surface area contributed by atoms with Gasteiger partial charge in [0.25, 0.3) is 0 Å². The Labute approximate surface area is 207 Å². The molecule has 12 heteroatoms. The van der Waals surface area contributed by atoms with Crippen molar-refractivity contribution in [3.05, 3.63) is 70.5 Å². The standard InChI is InChI=1S/C24H26F3NO6S2/c1-22(2,18-13-16(35(3,31)32)9-10-21(18)36(4,33)34)14-23(30,24(25,26)27)15-28-12-11-20(29)17-7-5-6-8-19(17)28/h5-13,30H,14-15H2,1-4H3. The molecular weight excluding hydrogens is 519 g/mol. The van der Waals surface area contributed by atoms with Gasteiger partial charge in [-0.1, -0.05) is 26.0 Å². The van der Waals surface area contributed by atoms with Gasteiger partial charge >= 0.3 is 6.18 Å². The molecule has 3 aromatic rings. The van der Waals surface area contributed by atoms with Gasteiger partial charge in [-0.2, -0.15) is 13.2 Å². The lowest BCUT2D eigenvalue weighted by molar-refractivity contribution is -0.271. The molecule has 0 amide bonds. The van der Waals surface area contributed by atoms with Gasteiger partial charge < -0.3 is 9.67 Å². The third-order valence-electron chi connectivity index (χ3n) is 6.09. The highest BCUT2D eigenvalue weighted by Crippen LogP contribution is 2.44. The van der Waals surface area contributed by atoms with Crippen LogP contribution in [-0.2, 0) is 31.6 Å². The Morgan fingerprint density at radius 3 is 2.08 bits per heavy atom. The molecule has 1 aromatic heterocycles. The lowest BCUT2D eigenvalue weighted by atomic mass is 9.74. The van der Waals surface area contributed by atoms with Crippen LogP contribution in [0.15, 0.2) is 69.3 Å². The minimum absolute atomic E-state index is 0.166. The number of aromatic nitrogens is 1. The van der Waals surface area contributed by atoms with Crippen molar-refractivity contribution in [2.24, 2.45) is 0 Å². The monoisotopic (exact) mass is 545 g/mol. The van der Waals surface area contributed by atoms with E-state index in [1.165, 1.54) is 26.0 Å². The van der Waals surface area contributed by atoms with E-state index >= 15 is 0 Å². The van der Waals surface area contributed by atoms with Crippen molar-refractivity contribution < 1.29 is 35.1 Å². The van der Waals surface area contributed by atoms with Crippen LogP contribution in [0.4, 0.5) is 13.2 Å². The quantitative estimate of drug-likeness (QED) is 0.487. The molecule has 0 aliphatic carbocycles. The molecule has 0 radical (unpaired) electrons. The Balaban J connectivity index is 2.19. The zero-order valence-electron chi connectivity index (χ0n) is 20.0. The van der Waals surface area contributed by atoms with Gasteiger partial charge in [0, 0.05) is 30.2 Å². The fourth-order valence-electron chi connectivity index (χ4n) is 4.34. The van der Waals surface area contributed by atoms with Gasteiger partial charge in [-0.25, -0.2) is 16.8 Å². The van der Waals surface area contributed by atoms with Gasteiger partial charge in [-0.3, -0.25) is 4.79 Å². The predicted molar refractivity (Wildman–Crippen MR) is 130 cm³/mol. The Hall–Kier alpha value is -2.70. The third-order valence-corrected chi connectivity index (χ3v) is 8.35. The summed E-state index contributed by atoms with van der Waals surface area (Å²) in [6.07, 6.45) is -3.24. The lowest BCUT2D eigenvalue weighted by Gasteiger charge is -2.39. The minimum atomic E-state index is -5.16. The summed E-state index contributed by atoms with van der Waals surface area (Å²) in [6, 6.07) is 10.3. The van der Waals surface area contributed by atoms with Crippen molar-refractivity contribution in [1.29, 1.82) is 0 Å². The van der Waals surface area contributed by atoms with E-state index in [2.05, 4.69) is 0 Å². The first kappa shape index (κ1) is 27.9. The number of benzene rings is 2. The Bertz CT molecular complexity index is 1590. The summed E-state index contributed by atoms with van der Waals surface area (Å²) in [5, 5.41) is 11.2. The van der Waals surface area contributed by atoms with Crippen LogP contribution >= 0.6 is 0 Å². The van der Waals surface area contributed by atoms with Crippen LogP contribution in [0, 0.1) is 0 Å². The van der Waals surface area contributed by atoms with E-state index in [9.17, 15) is 39.9 Å². The van der Waals surface area contributed by atoms with E-state index < -0.39 is 55.3 Å². The third kappa shape index (κ3) is 5.50. The van der Waals surface area contributed by atoms with E-state index in [-0.39, 0.29) is 26.3 Å². The molecule has 1 N–H and O–H groups in total. The second kappa shape index (κ2) is 9.00. The lowest BCUT2D eigenvalue weighted by Crippen LogP contribution is -2.52. The molecule has 2 aromatic carbocycles. The largest absolute Gasteiger partial charge is 0.418 e. The van der Waals surface area contributed by atoms with Crippen molar-refractivity contribution in [1.82, 2.24) is 4.57 Å². The van der Waals surface area contributed by atoms with Crippen molar-refractivity contribution in [3.8, 4) is 0 Å². The summed E-state index contributed by atoms with van der Waals surface area (Å²) in [5.74, 6) is 0. The summed E-state index contributed by atoms with van der Waals surface area (Å²) in [6.45, 7) is 1.63. The van der Waals surface area contributed by atoms with Crippen LogP contribution in [0.5, 0.6) is 0 Å². The van der Waals surface area contributed by atoms with Gasteiger partial charge in [0.05, 0.1) is 21.9 Å². The SMILES string of the molecule is CC(C)(CC(O)(Cn1ccc(=O)c2ccccc21)C(F)(F)F)c1cc(S(C)(=O)=O)ccc1S(C)(=O)=O. The molecule has 196 valence electrons.